The van der Waals surface area contributed by atoms with Gasteiger partial charge in [-0.2, -0.15) is 5.10 Å². The van der Waals surface area contributed by atoms with E-state index in [2.05, 4.69) is 10.1 Å². The molecule has 10 nitrogen and oxygen atoms in total. The number of hydrogen-bond acceptors (Lipinski definition) is 9. The van der Waals surface area contributed by atoms with Crippen molar-refractivity contribution in [3.8, 4) is 0 Å². The quantitative estimate of drug-likeness (QED) is 0.533. The third-order valence-corrected chi connectivity index (χ3v) is 3.11. The Labute approximate surface area is 142 Å². The van der Waals surface area contributed by atoms with Crippen molar-refractivity contribution in [3.63, 3.8) is 0 Å². The van der Waals surface area contributed by atoms with Gasteiger partial charge in [-0.1, -0.05) is 0 Å². The summed E-state index contributed by atoms with van der Waals surface area (Å²) in [6.07, 6.45) is -3.16. The molecule has 4 atom stereocenters. The molecule has 2 rings (SSSR count). The van der Waals surface area contributed by atoms with Crippen LogP contribution >= 0.6 is 0 Å². The molecule has 0 N–H and O–H groups in total. The van der Waals surface area contributed by atoms with Crippen LogP contribution in [-0.2, 0) is 33.3 Å². The molecular weight excluding hydrogens is 322 g/mol. The fraction of sp³-hybridized carbons (Fsp3) is 0.643. The fourth-order valence-electron chi connectivity index (χ4n) is 2.29. The van der Waals surface area contributed by atoms with Crippen molar-refractivity contribution in [1.29, 1.82) is 0 Å². The minimum Gasteiger partial charge on any atom is -0.463 e. The summed E-state index contributed by atoms with van der Waals surface area (Å²) in [5.74, 6) is -2.19. The molecule has 2 heterocycles. The summed E-state index contributed by atoms with van der Waals surface area (Å²) in [6.45, 7) is -0.694. The molecule has 0 bridgehead atoms. The van der Waals surface area contributed by atoms with E-state index >= 15 is 0 Å². The van der Waals surface area contributed by atoms with Gasteiger partial charge in [0.05, 0.1) is 0 Å². The SMILES string of the molecule is [2H]CC(=O)OC[C@H]1OC(n2cnc(C)n2)[C@H](OC(=O)C[2H])[C@@H]1OC(=O)C[2H]. The highest BCUT2D eigenvalue weighted by atomic mass is 16.7. The Morgan fingerprint density at radius 2 is 1.88 bits per heavy atom. The number of esters is 3. The van der Waals surface area contributed by atoms with E-state index in [1.54, 1.807) is 6.92 Å². The Morgan fingerprint density at radius 3 is 2.46 bits per heavy atom. The van der Waals surface area contributed by atoms with Gasteiger partial charge >= 0.3 is 17.9 Å². The molecule has 0 saturated carbocycles. The average Bonchev–Trinajstić information content (AvgIpc) is 3.23. The minimum absolute atomic E-state index is 0.368. The molecule has 1 aliphatic heterocycles. The second-order valence-corrected chi connectivity index (χ2v) is 4.93. The van der Waals surface area contributed by atoms with Gasteiger partial charge in [0.25, 0.3) is 0 Å². The molecule has 10 heteroatoms. The van der Waals surface area contributed by atoms with Crippen LogP contribution < -0.4 is 0 Å². The van der Waals surface area contributed by atoms with Gasteiger partial charge in [0.2, 0.25) is 0 Å². The lowest BCUT2D eigenvalue weighted by molar-refractivity contribution is -0.166. The van der Waals surface area contributed by atoms with E-state index in [-0.39, 0.29) is 6.61 Å². The van der Waals surface area contributed by atoms with Gasteiger partial charge < -0.3 is 18.9 Å². The third-order valence-electron chi connectivity index (χ3n) is 3.11. The molecule has 1 fully saturated rings. The predicted octanol–water partition coefficient (Wildman–Crippen LogP) is -0.0896. The number of carbonyl (C=O) groups is 3. The van der Waals surface area contributed by atoms with Gasteiger partial charge in [0.15, 0.2) is 18.4 Å². The number of rotatable bonds is 5. The smallest absolute Gasteiger partial charge is 0.303 e. The van der Waals surface area contributed by atoms with E-state index < -0.39 is 63.1 Å². The molecular formula is C14H19N3O7. The minimum atomic E-state index is -1.20. The molecule has 0 amide bonds. The molecule has 1 aliphatic rings. The molecule has 1 aromatic rings. The molecule has 24 heavy (non-hydrogen) atoms. The van der Waals surface area contributed by atoms with Crippen molar-refractivity contribution < 1.29 is 37.4 Å². The lowest BCUT2D eigenvalue weighted by Gasteiger charge is -2.23. The zero-order valence-corrected chi connectivity index (χ0v) is 12.9. The zero-order chi connectivity index (χ0) is 20.0. The van der Waals surface area contributed by atoms with Gasteiger partial charge in [-0.3, -0.25) is 14.4 Å². The fourth-order valence-corrected chi connectivity index (χ4v) is 2.29. The van der Waals surface area contributed by atoms with Crippen LogP contribution in [0.5, 0.6) is 0 Å². The summed E-state index contributed by atoms with van der Waals surface area (Å²) in [5.41, 5.74) is 0. The van der Waals surface area contributed by atoms with E-state index in [0.717, 1.165) is 0 Å². The van der Waals surface area contributed by atoms with Gasteiger partial charge in [-0.15, -0.1) is 0 Å². The number of hydrogen-bond donors (Lipinski definition) is 0. The number of aromatic nitrogens is 3. The molecule has 132 valence electrons. The van der Waals surface area contributed by atoms with Crippen LogP contribution in [0.3, 0.4) is 0 Å². The van der Waals surface area contributed by atoms with Crippen LogP contribution in [0.4, 0.5) is 0 Å². The van der Waals surface area contributed by atoms with Crippen LogP contribution in [-0.4, -0.2) is 57.6 Å². The first-order valence-electron chi connectivity index (χ1n) is 8.97. The molecule has 0 aliphatic carbocycles. The number of ether oxygens (including phenoxy) is 4. The first-order chi connectivity index (χ1) is 12.9. The van der Waals surface area contributed by atoms with Crippen molar-refractivity contribution in [3.05, 3.63) is 12.2 Å². The highest BCUT2D eigenvalue weighted by Crippen LogP contribution is 2.33. The van der Waals surface area contributed by atoms with Crippen molar-refractivity contribution in [2.45, 2.75) is 52.2 Å². The Balaban J connectivity index is 2.29. The second-order valence-electron chi connectivity index (χ2n) is 4.93. The number of nitrogens with zero attached hydrogens (tertiary/aromatic N) is 3. The van der Waals surface area contributed by atoms with Crippen LogP contribution in [0.15, 0.2) is 6.33 Å². The standard InChI is InChI=1S/C14H19N3O7/c1-7-15-6-17(16-7)14-13(23-10(4)20)12(22-9(3)19)11(24-14)5-21-8(2)18/h6,11-14H,5H2,1-4H3/t11-,12-,13-,14?/m1/s1/i2D,3D,4D. The molecule has 0 radical (unpaired) electrons. The predicted molar refractivity (Wildman–Crippen MR) is 76.4 cm³/mol. The number of carbonyl (C=O) groups excluding carboxylic acids is 3. The van der Waals surface area contributed by atoms with E-state index in [1.165, 1.54) is 11.0 Å². The Bertz CT molecular complexity index is 687. The molecule has 0 spiro atoms. The van der Waals surface area contributed by atoms with Crippen LogP contribution in [0.25, 0.3) is 0 Å². The highest BCUT2D eigenvalue weighted by molar-refractivity contribution is 5.67. The van der Waals surface area contributed by atoms with Crippen molar-refractivity contribution in [2.75, 3.05) is 6.61 Å². The Morgan fingerprint density at radius 1 is 1.21 bits per heavy atom. The van der Waals surface area contributed by atoms with Gasteiger partial charge in [0.1, 0.15) is 24.9 Å². The lowest BCUT2D eigenvalue weighted by Crippen LogP contribution is -2.40. The summed E-state index contributed by atoms with van der Waals surface area (Å²) < 4.78 is 43.4. The summed E-state index contributed by atoms with van der Waals surface area (Å²) in [5, 5.41) is 4.08. The second kappa shape index (κ2) is 7.39. The maximum Gasteiger partial charge on any atom is 0.303 e. The number of aryl methyl sites for hydroxylation is 1. The molecule has 0 aromatic carbocycles. The maximum atomic E-state index is 11.7. The van der Waals surface area contributed by atoms with Crippen molar-refractivity contribution in [2.24, 2.45) is 0 Å². The Kier molecular flexibility index (Phi) is 4.28. The van der Waals surface area contributed by atoms with Gasteiger partial charge in [-0.25, -0.2) is 9.67 Å². The molecule has 1 unspecified atom stereocenters. The van der Waals surface area contributed by atoms with Gasteiger partial charge in [0, 0.05) is 24.8 Å². The summed E-state index contributed by atoms with van der Waals surface area (Å²) >= 11 is 0. The van der Waals surface area contributed by atoms with E-state index in [4.69, 9.17) is 23.1 Å². The molecule has 1 aromatic heterocycles. The largest absolute Gasteiger partial charge is 0.463 e. The van der Waals surface area contributed by atoms with Crippen LogP contribution in [0.2, 0.25) is 0 Å². The molecule has 1 saturated heterocycles. The van der Waals surface area contributed by atoms with Crippen molar-refractivity contribution >= 4 is 17.9 Å². The van der Waals surface area contributed by atoms with Gasteiger partial charge in [-0.05, 0) is 6.92 Å². The normalized spacial score (nSPS) is 27.6. The van der Waals surface area contributed by atoms with E-state index in [1.807, 2.05) is 0 Å². The maximum absolute atomic E-state index is 11.7. The first kappa shape index (κ1) is 13.9. The average molecular weight is 344 g/mol. The summed E-state index contributed by atoms with van der Waals surface area (Å²) in [7, 11) is 0. The monoisotopic (exact) mass is 344 g/mol. The third kappa shape index (κ3) is 4.28. The summed E-state index contributed by atoms with van der Waals surface area (Å²) in [6, 6.07) is 0. The summed E-state index contributed by atoms with van der Waals surface area (Å²) in [4.78, 5) is 38.5. The van der Waals surface area contributed by atoms with Crippen molar-refractivity contribution in [1.82, 2.24) is 14.8 Å². The van der Waals surface area contributed by atoms with Crippen LogP contribution in [0.1, 0.15) is 36.9 Å². The Hall–Kier alpha value is -2.49. The van der Waals surface area contributed by atoms with E-state index in [0.29, 0.717) is 5.82 Å². The first-order valence-corrected chi connectivity index (χ1v) is 6.85. The highest BCUT2D eigenvalue weighted by Gasteiger charge is 2.51. The lowest BCUT2D eigenvalue weighted by atomic mass is 10.1. The topological polar surface area (TPSA) is 119 Å². The van der Waals surface area contributed by atoms with E-state index in [9.17, 15) is 14.4 Å². The van der Waals surface area contributed by atoms with Crippen LogP contribution in [0, 0.1) is 6.92 Å². The zero-order valence-electron chi connectivity index (χ0n) is 15.9.